The number of benzene rings is 10. The zero-order chi connectivity index (χ0) is 98.2. The molecule has 145 heavy (non-hydrogen) atoms. The van der Waals surface area contributed by atoms with Crippen molar-refractivity contribution in [2.24, 2.45) is 0 Å². The molecule has 0 spiro atoms. The molecule has 25 rings (SSSR count). The van der Waals surface area contributed by atoms with Gasteiger partial charge < -0.3 is 72.2 Å². The summed E-state index contributed by atoms with van der Waals surface area (Å²) >= 11 is 0. The van der Waals surface area contributed by atoms with Gasteiger partial charge in [-0.3, -0.25) is 0 Å². The smallest absolute Gasteiger partial charge is 0.253 e. The molecule has 10 aromatic carbocycles. The molecule has 0 saturated carbocycles. The maximum Gasteiger partial charge on any atom is 0.253 e. The highest BCUT2D eigenvalue weighted by Crippen LogP contribution is 2.35. The molecule has 730 valence electrons. The number of hydrogen-bond donors (Lipinski definition) is 12. The molecule has 12 N–H and O–H groups in total. The Morgan fingerprint density at radius 3 is 0.897 bits per heavy atom. The average molecular weight is 1930 g/mol. The van der Waals surface area contributed by atoms with Gasteiger partial charge in [0, 0.05) is 126 Å². The minimum atomic E-state index is -0.0359. The number of aliphatic hydroxyl groups excluding tert-OH is 5. The van der Waals surface area contributed by atoms with E-state index in [2.05, 4.69) is 123 Å². The van der Waals surface area contributed by atoms with Crippen molar-refractivity contribution in [3.05, 3.63) is 386 Å². The number of hydrogen-bond acceptors (Lipinski definition) is 29. The molecular weight excluding hydrogens is 1820 g/mol. The maximum absolute atomic E-state index is 9.62. The molecule has 34 nitrogen and oxygen atoms in total. The molecule has 0 saturated heterocycles. The van der Waals surface area contributed by atoms with Crippen LogP contribution in [0.5, 0.6) is 0 Å². The first-order valence-corrected chi connectivity index (χ1v) is 49.0. The molecule has 0 unspecified atom stereocenters. The van der Waals surface area contributed by atoms with E-state index >= 15 is 0 Å². The van der Waals surface area contributed by atoms with Crippen LogP contribution < -0.4 is 37.2 Å². The molecule has 0 atom stereocenters. The topological polar surface area (TPSA) is 422 Å². The SMILES string of the molecule is OCc1cccc2c1cnn2-c1nc2c(c(NCc3ccccc3)n1)CCCC2.OCc1cccc2c1cnn2-c1nc2c(c(NCc3ccccc3)n1)CCNC2.OCc1cccc2c1cnn2-c1nc2c(c(NCc3ccccc3)n1)CCOC2.OCc1cccc2c1cnn2-c1nc2c(c(NCc3ccccc3)n1)CNCC2.OCc1cccc2c1cnn2-c1nc2c(c(NCc3ccccc3)n1)COCC2. The number of ether oxygens (including phenoxy) is 2. The fourth-order valence-corrected chi connectivity index (χ4v) is 18.9. The molecule has 10 aromatic heterocycles. The van der Waals surface area contributed by atoms with Crippen LogP contribution in [0.2, 0.25) is 0 Å². The number of anilines is 5. The number of fused-ring (bicyclic) bond motifs is 10. The van der Waals surface area contributed by atoms with E-state index in [9.17, 15) is 25.5 Å². The van der Waals surface area contributed by atoms with E-state index in [1.165, 1.54) is 39.8 Å². The lowest BCUT2D eigenvalue weighted by molar-refractivity contribution is 0.107. The standard InChI is InChI=1S/C23H23N5O.2C22H22N6O.2C22H21N5O2/c29-15-17-9-6-12-21-19(17)14-25-28(21)23-26-20-11-5-4-10-18(20)22(27-23)24-13-16-7-2-1-3-8-16;29-14-16-7-4-8-20-17(16)13-25-28(20)22-26-19-9-10-23-12-18(19)21(27-22)24-11-15-5-2-1-3-6-15;29-14-16-7-4-8-20-18(16)12-25-28(20)22-26-19-13-23-10-9-17(19)21(27-22)24-11-15-5-2-1-3-6-15;28-13-16-7-4-8-20-17(16)12-24-27(20)22-25-19-9-10-29-14-18(19)21(26-22)23-11-15-5-2-1-3-6-15;28-13-16-7-4-8-20-18(16)12-24-27(20)22-25-19-14-29-10-9-17(19)21(26-22)23-11-15-5-2-1-3-6-15/h1-3,6-9,12,14,29H,4-5,10-11,13,15H2,(H,24,26,27);1-8,13,23,29H,9-12,14H2,(H,24,26,27);1-8,12,23,29H,9-11,13-14H2,(H,24,26,27);2*1-8,12,28H,9-11,13-14H2,(H,23,25,26). The number of aromatic nitrogens is 20. The van der Waals surface area contributed by atoms with Gasteiger partial charge in [-0.15, -0.1) is 0 Å². The number of rotatable bonds is 25. The van der Waals surface area contributed by atoms with Crippen LogP contribution in [0.25, 0.3) is 84.3 Å². The van der Waals surface area contributed by atoms with E-state index in [4.69, 9.17) is 59.3 Å². The van der Waals surface area contributed by atoms with Gasteiger partial charge in [-0.1, -0.05) is 212 Å². The average Bonchev–Trinajstić information content (AvgIpc) is 1.66. The van der Waals surface area contributed by atoms with E-state index in [0.29, 0.717) is 88.9 Å². The number of nitrogens with one attached hydrogen (secondary N) is 7. The molecule has 0 radical (unpaired) electrons. The van der Waals surface area contributed by atoms with E-state index in [-0.39, 0.29) is 33.0 Å². The fraction of sp³-hybridized carbons (Fsp3) is 0.234. The number of nitrogens with zero attached hydrogens (tertiary/aromatic N) is 20. The Bertz CT molecular complexity index is 6850. The highest BCUT2D eigenvalue weighted by molar-refractivity contribution is 5.87. The van der Waals surface area contributed by atoms with Crippen LogP contribution in [-0.4, -0.2) is 151 Å². The van der Waals surface area contributed by atoms with Crippen molar-refractivity contribution in [3.63, 3.8) is 0 Å². The Kier molecular flexibility index (Phi) is 29.3. The van der Waals surface area contributed by atoms with Gasteiger partial charge in [0.05, 0.1) is 146 Å². The van der Waals surface area contributed by atoms with Crippen LogP contribution >= 0.6 is 0 Å². The normalized spacial score (nSPS) is 13.4. The monoisotopic (exact) mass is 1930 g/mol. The van der Waals surface area contributed by atoms with Crippen molar-refractivity contribution in [2.45, 2.75) is 143 Å². The summed E-state index contributed by atoms with van der Waals surface area (Å²) in [4.78, 5) is 48.1. The predicted octanol–water partition coefficient (Wildman–Crippen LogP) is 14.9. The van der Waals surface area contributed by atoms with Crippen molar-refractivity contribution in [3.8, 4) is 29.7 Å². The summed E-state index contributed by atoms with van der Waals surface area (Å²) in [5.74, 6) is 6.86. The summed E-state index contributed by atoms with van der Waals surface area (Å²) in [5, 5.41) is 99.4. The van der Waals surface area contributed by atoms with E-state index in [1.54, 1.807) is 54.4 Å². The Morgan fingerprint density at radius 1 is 0.248 bits per heavy atom. The molecule has 0 amide bonds. The molecule has 5 aliphatic rings. The minimum Gasteiger partial charge on any atom is -0.392 e. The molecule has 0 bridgehead atoms. The van der Waals surface area contributed by atoms with E-state index in [1.807, 2.05) is 182 Å². The summed E-state index contributed by atoms with van der Waals surface area (Å²) in [6.07, 6.45) is 16.4. The van der Waals surface area contributed by atoms with E-state index < -0.39 is 0 Å². The summed E-state index contributed by atoms with van der Waals surface area (Å²) in [7, 11) is 0. The quantitative estimate of drug-likeness (QED) is 0.0253. The van der Waals surface area contributed by atoms with Gasteiger partial charge >= 0.3 is 0 Å². The molecule has 34 heteroatoms. The lowest BCUT2D eigenvalue weighted by Gasteiger charge is -2.21. The second-order valence-corrected chi connectivity index (χ2v) is 35.7. The molecule has 0 fully saturated rings. The molecular formula is C111H109N27O7. The van der Waals surface area contributed by atoms with Crippen LogP contribution in [0.15, 0.2) is 274 Å². The Hall–Kier alpha value is -16.4. The first-order valence-electron chi connectivity index (χ1n) is 49.0. The van der Waals surface area contributed by atoms with Crippen LogP contribution in [0, 0.1) is 0 Å². The van der Waals surface area contributed by atoms with Gasteiger partial charge in [-0.25, -0.2) is 24.9 Å². The Labute approximate surface area is 834 Å². The summed E-state index contributed by atoms with van der Waals surface area (Å²) < 4.78 is 20.0. The molecule has 14 heterocycles. The van der Waals surface area contributed by atoms with Gasteiger partial charge in [0.15, 0.2) is 0 Å². The predicted molar refractivity (Wildman–Crippen MR) is 556 cm³/mol. The zero-order valence-corrected chi connectivity index (χ0v) is 79.9. The highest BCUT2D eigenvalue weighted by atomic mass is 16.5. The second kappa shape index (κ2) is 44.8. The molecule has 20 aromatic rings. The Morgan fingerprint density at radius 2 is 0.531 bits per heavy atom. The highest BCUT2D eigenvalue weighted by Gasteiger charge is 2.28. The lowest BCUT2D eigenvalue weighted by Crippen LogP contribution is -2.27. The molecule has 1 aliphatic carbocycles. The zero-order valence-electron chi connectivity index (χ0n) is 79.9. The number of aryl methyl sites for hydroxylation is 1. The largest absolute Gasteiger partial charge is 0.392 e. The number of aliphatic hydroxyl groups is 5. The van der Waals surface area contributed by atoms with Crippen molar-refractivity contribution < 1.29 is 35.0 Å². The second-order valence-electron chi connectivity index (χ2n) is 35.7. The Balaban J connectivity index is 0.000000107. The van der Waals surface area contributed by atoms with Gasteiger partial charge in [-0.05, 0) is 125 Å². The lowest BCUT2D eigenvalue weighted by atomic mass is 9.96. The van der Waals surface area contributed by atoms with Crippen molar-refractivity contribution in [1.82, 2.24) is 109 Å². The molecule has 4 aliphatic heterocycles. The van der Waals surface area contributed by atoms with Crippen LogP contribution in [0.3, 0.4) is 0 Å². The summed E-state index contributed by atoms with van der Waals surface area (Å²) in [6, 6.07) is 80.3. The first-order chi connectivity index (χ1) is 71.7. The maximum atomic E-state index is 9.62. The van der Waals surface area contributed by atoms with Crippen LogP contribution in [0.4, 0.5) is 29.1 Å². The van der Waals surface area contributed by atoms with Gasteiger partial charge in [0.25, 0.3) is 29.7 Å². The third-order valence-corrected chi connectivity index (χ3v) is 26.5. The van der Waals surface area contributed by atoms with Gasteiger partial charge in [0.2, 0.25) is 0 Å². The summed E-state index contributed by atoms with van der Waals surface area (Å²) in [6.45, 7) is 8.89. The summed E-state index contributed by atoms with van der Waals surface area (Å²) in [5.41, 5.74) is 25.2. The minimum absolute atomic E-state index is 0.0159. The van der Waals surface area contributed by atoms with Gasteiger partial charge in [-0.2, -0.15) is 73.8 Å². The van der Waals surface area contributed by atoms with Gasteiger partial charge in [0.1, 0.15) is 29.1 Å². The van der Waals surface area contributed by atoms with Crippen LogP contribution in [-0.2, 0) is 140 Å². The van der Waals surface area contributed by atoms with Crippen molar-refractivity contribution in [2.75, 3.05) is 52.9 Å². The third kappa shape index (κ3) is 21.1. The first kappa shape index (κ1) is 94.8. The third-order valence-electron chi connectivity index (χ3n) is 26.5. The fourth-order valence-electron chi connectivity index (χ4n) is 18.9. The van der Waals surface area contributed by atoms with E-state index in [0.717, 1.165) is 233 Å². The van der Waals surface area contributed by atoms with Crippen LogP contribution in [0.1, 0.15) is 125 Å². The van der Waals surface area contributed by atoms with Crippen molar-refractivity contribution >= 4 is 83.6 Å². The van der Waals surface area contributed by atoms with Crippen molar-refractivity contribution in [1.29, 1.82) is 0 Å².